The molecule has 1 atom stereocenters. The molecule has 0 heterocycles. The average molecular weight is 504 g/mol. The summed E-state index contributed by atoms with van der Waals surface area (Å²) < 4.78 is 0. The fourth-order valence-corrected chi connectivity index (χ4v) is 4.20. The van der Waals surface area contributed by atoms with E-state index in [1.807, 2.05) is 6.92 Å². The molecule has 2 rings (SSSR count). The first-order chi connectivity index (χ1) is 14.8. The van der Waals surface area contributed by atoms with Crippen LogP contribution in [0.3, 0.4) is 0 Å². The van der Waals surface area contributed by atoms with Gasteiger partial charge in [0.25, 0.3) is 0 Å². The lowest BCUT2D eigenvalue weighted by Gasteiger charge is -2.31. The smallest absolute Gasteiger partial charge is 0.242 e. The molecule has 0 radical (unpaired) electrons. The first kappa shape index (κ1) is 25.8. The molecule has 1 N–H and O–H groups in total. The largest absolute Gasteiger partial charge is 0.354 e. The van der Waals surface area contributed by atoms with E-state index in [1.54, 1.807) is 36.4 Å². The maximum absolute atomic E-state index is 13.4. The Morgan fingerprint density at radius 1 is 1.00 bits per heavy atom. The lowest BCUT2D eigenvalue weighted by atomic mass is 10.1. The van der Waals surface area contributed by atoms with Gasteiger partial charge in [0.05, 0.1) is 6.42 Å². The second-order valence-electron chi connectivity index (χ2n) is 7.20. The Labute approximate surface area is 203 Å². The molecule has 0 spiro atoms. The molecule has 0 bridgehead atoms. The van der Waals surface area contributed by atoms with Crippen LogP contribution in [0.2, 0.25) is 20.1 Å². The van der Waals surface area contributed by atoms with Gasteiger partial charge >= 0.3 is 0 Å². The van der Waals surface area contributed by atoms with Gasteiger partial charge in [-0.1, -0.05) is 78.8 Å². The highest BCUT2D eigenvalue weighted by molar-refractivity contribution is 6.36. The van der Waals surface area contributed by atoms with Crippen LogP contribution in [0.15, 0.2) is 36.4 Å². The molecule has 0 fully saturated rings. The number of amides is 2. The molecular formula is C23H26Cl4N2O2. The molecule has 168 valence electrons. The predicted molar refractivity (Wildman–Crippen MR) is 129 cm³/mol. The lowest BCUT2D eigenvalue weighted by molar-refractivity contribution is -0.140. The Hall–Kier alpha value is -1.46. The number of benzene rings is 2. The summed E-state index contributed by atoms with van der Waals surface area (Å²) in [4.78, 5) is 27.8. The molecule has 8 heteroatoms. The van der Waals surface area contributed by atoms with Gasteiger partial charge in [0.2, 0.25) is 11.8 Å². The molecule has 0 saturated heterocycles. The molecule has 31 heavy (non-hydrogen) atoms. The highest BCUT2D eigenvalue weighted by Crippen LogP contribution is 2.28. The minimum Gasteiger partial charge on any atom is -0.354 e. The van der Waals surface area contributed by atoms with Crippen molar-refractivity contribution in [1.29, 1.82) is 0 Å². The number of carbonyl (C=O) groups is 2. The van der Waals surface area contributed by atoms with Gasteiger partial charge in [-0.05, 0) is 42.7 Å². The normalized spacial score (nSPS) is 11.8. The van der Waals surface area contributed by atoms with E-state index < -0.39 is 6.04 Å². The van der Waals surface area contributed by atoms with Crippen molar-refractivity contribution in [3.05, 3.63) is 67.6 Å². The van der Waals surface area contributed by atoms with Gasteiger partial charge in [0, 0.05) is 38.7 Å². The summed E-state index contributed by atoms with van der Waals surface area (Å²) >= 11 is 24.9. The summed E-state index contributed by atoms with van der Waals surface area (Å²) in [5.74, 6) is -0.452. The molecule has 0 saturated carbocycles. The Kier molecular flexibility index (Phi) is 10.4. The number of rotatable bonds is 10. The van der Waals surface area contributed by atoms with Crippen molar-refractivity contribution < 1.29 is 9.59 Å². The zero-order valence-corrected chi connectivity index (χ0v) is 20.6. The minimum absolute atomic E-state index is 0.0246. The lowest BCUT2D eigenvalue weighted by Crippen LogP contribution is -2.49. The van der Waals surface area contributed by atoms with Gasteiger partial charge in [-0.3, -0.25) is 9.59 Å². The highest BCUT2D eigenvalue weighted by Gasteiger charge is 2.30. The van der Waals surface area contributed by atoms with Crippen LogP contribution < -0.4 is 5.32 Å². The van der Waals surface area contributed by atoms with E-state index in [2.05, 4.69) is 12.2 Å². The molecule has 4 nitrogen and oxygen atoms in total. The Bertz CT molecular complexity index is 900. The summed E-state index contributed by atoms with van der Waals surface area (Å²) in [6.07, 6.45) is 2.30. The van der Waals surface area contributed by atoms with Crippen molar-refractivity contribution in [2.75, 3.05) is 6.54 Å². The van der Waals surface area contributed by atoms with E-state index in [9.17, 15) is 9.59 Å². The number of hydrogen-bond donors (Lipinski definition) is 1. The first-order valence-electron chi connectivity index (χ1n) is 10.2. The number of unbranched alkanes of at least 4 members (excludes halogenated alkanes) is 1. The standard InChI is InChI=1S/C23H26Cl4N2O2/c1-3-5-11-28-23(31)21(4-2)29(14-17-18(25)7-6-8-19(17)26)22(30)12-15-9-10-16(24)13-20(15)27/h6-10,13,21H,3-5,11-12,14H2,1-2H3,(H,28,31)/t21-/m1/s1. The third-order valence-electron chi connectivity index (χ3n) is 4.96. The van der Waals surface area contributed by atoms with Crippen molar-refractivity contribution in [2.24, 2.45) is 0 Å². The second-order valence-corrected chi connectivity index (χ2v) is 8.86. The summed E-state index contributed by atoms with van der Waals surface area (Å²) in [6, 6.07) is 9.49. The van der Waals surface area contributed by atoms with Crippen LogP contribution in [-0.2, 0) is 22.6 Å². The molecule has 2 amide bonds. The monoisotopic (exact) mass is 502 g/mol. The van der Waals surface area contributed by atoms with Crippen LogP contribution >= 0.6 is 46.4 Å². The third-order valence-corrected chi connectivity index (χ3v) is 6.26. The maximum Gasteiger partial charge on any atom is 0.242 e. The second kappa shape index (κ2) is 12.5. The highest BCUT2D eigenvalue weighted by atomic mass is 35.5. The van der Waals surface area contributed by atoms with Gasteiger partial charge in [0.15, 0.2) is 0 Å². The first-order valence-corrected chi connectivity index (χ1v) is 11.7. The van der Waals surface area contributed by atoms with Crippen LogP contribution in [0.5, 0.6) is 0 Å². The van der Waals surface area contributed by atoms with Crippen molar-refractivity contribution in [3.8, 4) is 0 Å². The van der Waals surface area contributed by atoms with E-state index >= 15 is 0 Å². The Balaban J connectivity index is 2.35. The average Bonchev–Trinajstić information content (AvgIpc) is 2.72. The van der Waals surface area contributed by atoms with Gasteiger partial charge in [-0.15, -0.1) is 0 Å². The Morgan fingerprint density at radius 2 is 1.68 bits per heavy atom. The fraction of sp³-hybridized carbons (Fsp3) is 0.391. The predicted octanol–water partition coefficient (Wildman–Crippen LogP) is 6.57. The van der Waals surface area contributed by atoms with Crippen LogP contribution in [0, 0.1) is 0 Å². The van der Waals surface area contributed by atoms with E-state index in [0.717, 1.165) is 12.8 Å². The van der Waals surface area contributed by atoms with E-state index in [1.165, 1.54) is 4.90 Å². The van der Waals surface area contributed by atoms with E-state index in [0.29, 0.717) is 44.2 Å². The summed E-state index contributed by atoms with van der Waals surface area (Å²) in [5.41, 5.74) is 1.23. The fourth-order valence-electron chi connectivity index (χ4n) is 3.21. The minimum atomic E-state index is -0.664. The van der Waals surface area contributed by atoms with Crippen LogP contribution in [-0.4, -0.2) is 29.3 Å². The summed E-state index contributed by atoms with van der Waals surface area (Å²) in [7, 11) is 0. The topological polar surface area (TPSA) is 49.4 Å². The van der Waals surface area contributed by atoms with Crippen molar-refractivity contribution in [2.45, 2.75) is 52.1 Å². The van der Waals surface area contributed by atoms with Crippen molar-refractivity contribution in [3.63, 3.8) is 0 Å². The summed E-state index contributed by atoms with van der Waals surface area (Å²) in [6.45, 7) is 4.59. The van der Waals surface area contributed by atoms with Crippen molar-refractivity contribution >= 4 is 58.2 Å². The molecule has 2 aromatic rings. The SMILES string of the molecule is CCCCNC(=O)[C@@H](CC)N(Cc1c(Cl)cccc1Cl)C(=O)Cc1ccc(Cl)cc1Cl. The molecule has 0 aliphatic rings. The molecular weight excluding hydrogens is 478 g/mol. The number of hydrogen-bond acceptors (Lipinski definition) is 2. The maximum atomic E-state index is 13.4. The van der Waals surface area contributed by atoms with E-state index in [4.69, 9.17) is 46.4 Å². The van der Waals surface area contributed by atoms with Gasteiger partial charge < -0.3 is 10.2 Å². The number of halogens is 4. The Morgan fingerprint density at radius 3 is 2.26 bits per heavy atom. The summed E-state index contributed by atoms with van der Waals surface area (Å²) in [5, 5.41) is 4.70. The number of nitrogens with zero attached hydrogens (tertiary/aromatic N) is 1. The number of nitrogens with one attached hydrogen (secondary N) is 1. The van der Waals surface area contributed by atoms with Gasteiger partial charge in [-0.2, -0.15) is 0 Å². The third kappa shape index (κ3) is 7.28. The van der Waals surface area contributed by atoms with Gasteiger partial charge in [-0.25, -0.2) is 0 Å². The molecule has 0 aromatic heterocycles. The zero-order valence-electron chi connectivity index (χ0n) is 17.6. The van der Waals surface area contributed by atoms with Crippen LogP contribution in [0.1, 0.15) is 44.2 Å². The van der Waals surface area contributed by atoms with Crippen molar-refractivity contribution in [1.82, 2.24) is 10.2 Å². The van der Waals surface area contributed by atoms with E-state index in [-0.39, 0.29) is 24.8 Å². The quantitative estimate of drug-likeness (QED) is 0.373. The molecule has 2 aromatic carbocycles. The zero-order chi connectivity index (χ0) is 23.0. The molecule has 0 aliphatic carbocycles. The van der Waals surface area contributed by atoms with Gasteiger partial charge in [0.1, 0.15) is 6.04 Å². The molecule has 0 aliphatic heterocycles. The van der Waals surface area contributed by atoms with Crippen LogP contribution in [0.25, 0.3) is 0 Å². The molecule has 0 unspecified atom stereocenters. The number of carbonyl (C=O) groups excluding carboxylic acids is 2. The van der Waals surface area contributed by atoms with Crippen LogP contribution in [0.4, 0.5) is 0 Å².